The van der Waals surface area contributed by atoms with E-state index in [0.717, 1.165) is 19.3 Å². The monoisotopic (exact) mass is 263 g/mol. The van der Waals surface area contributed by atoms with Crippen molar-refractivity contribution < 1.29 is 14.3 Å². The normalized spacial score (nSPS) is 18.3. The number of nitrogens with one attached hydrogen (secondary N) is 1. The van der Waals surface area contributed by atoms with Gasteiger partial charge in [-0.1, -0.05) is 0 Å². The van der Waals surface area contributed by atoms with E-state index in [1.807, 2.05) is 0 Å². The van der Waals surface area contributed by atoms with Gasteiger partial charge in [0.05, 0.1) is 6.04 Å². The van der Waals surface area contributed by atoms with Gasteiger partial charge in [0.25, 0.3) is 0 Å². The maximum atomic E-state index is 10.7. The van der Waals surface area contributed by atoms with Gasteiger partial charge in [0.2, 0.25) is 5.76 Å². The number of thiophene rings is 1. The van der Waals surface area contributed by atoms with Gasteiger partial charge in [-0.2, -0.15) is 0 Å². The van der Waals surface area contributed by atoms with E-state index in [1.165, 1.54) is 16.5 Å². The van der Waals surface area contributed by atoms with E-state index in [-0.39, 0.29) is 11.8 Å². The van der Waals surface area contributed by atoms with Gasteiger partial charge in [0.15, 0.2) is 5.88 Å². The van der Waals surface area contributed by atoms with Gasteiger partial charge in [-0.3, -0.25) is 0 Å². The van der Waals surface area contributed by atoms with Crippen LogP contribution in [0, 0.1) is 0 Å². The van der Waals surface area contributed by atoms with Crippen LogP contribution in [0.15, 0.2) is 28.0 Å². The number of carboxylic acids is 1. The highest BCUT2D eigenvalue weighted by atomic mass is 32.1. The Bertz CT molecular complexity index is 572. The van der Waals surface area contributed by atoms with Crippen molar-refractivity contribution in [1.29, 1.82) is 0 Å². The molecule has 0 aliphatic heterocycles. The van der Waals surface area contributed by atoms with Crippen molar-refractivity contribution in [3.05, 3.63) is 39.8 Å². The third-order valence-electron chi connectivity index (χ3n) is 3.19. The topological polar surface area (TPSA) is 62.5 Å². The number of aromatic carboxylic acids is 1. The number of aryl methyl sites for hydroxylation is 1. The van der Waals surface area contributed by atoms with Gasteiger partial charge in [-0.15, -0.1) is 11.3 Å². The fraction of sp³-hybridized carbons (Fsp3) is 0.308. The summed E-state index contributed by atoms with van der Waals surface area (Å²) in [7, 11) is 0. The molecule has 1 aliphatic carbocycles. The molecule has 4 nitrogen and oxygen atoms in total. The van der Waals surface area contributed by atoms with Crippen LogP contribution in [0.4, 0.5) is 5.88 Å². The maximum absolute atomic E-state index is 10.7. The first-order valence-corrected chi connectivity index (χ1v) is 6.78. The number of hydrogen-bond acceptors (Lipinski definition) is 4. The zero-order valence-electron chi connectivity index (χ0n) is 9.68. The average Bonchev–Trinajstić information content (AvgIpc) is 2.97. The SMILES string of the molecule is O=C(O)c1ccc(NC2CCCc3sccc32)o1. The lowest BCUT2D eigenvalue weighted by Crippen LogP contribution is -2.15. The molecule has 0 saturated heterocycles. The number of rotatable bonds is 3. The largest absolute Gasteiger partial charge is 0.475 e. The lowest BCUT2D eigenvalue weighted by Gasteiger charge is -2.23. The van der Waals surface area contributed by atoms with E-state index in [1.54, 1.807) is 17.4 Å². The number of furan rings is 1. The average molecular weight is 263 g/mol. The van der Waals surface area contributed by atoms with Crippen LogP contribution in [0.25, 0.3) is 0 Å². The van der Waals surface area contributed by atoms with E-state index >= 15 is 0 Å². The molecule has 3 rings (SSSR count). The molecule has 2 N–H and O–H groups in total. The van der Waals surface area contributed by atoms with Crippen molar-refractivity contribution in [3.63, 3.8) is 0 Å². The Balaban J connectivity index is 1.79. The summed E-state index contributed by atoms with van der Waals surface area (Å²) in [6, 6.07) is 5.51. The second kappa shape index (κ2) is 4.49. The van der Waals surface area contributed by atoms with Crippen LogP contribution in [0.5, 0.6) is 0 Å². The molecular weight excluding hydrogens is 250 g/mol. The van der Waals surface area contributed by atoms with E-state index < -0.39 is 5.97 Å². The van der Waals surface area contributed by atoms with Crippen LogP contribution in [0.3, 0.4) is 0 Å². The molecule has 0 fully saturated rings. The molecule has 2 aromatic rings. The molecule has 1 unspecified atom stereocenters. The first-order valence-electron chi connectivity index (χ1n) is 5.90. The van der Waals surface area contributed by atoms with Gasteiger partial charge in [-0.25, -0.2) is 4.79 Å². The summed E-state index contributed by atoms with van der Waals surface area (Å²) in [5, 5.41) is 14.2. The van der Waals surface area contributed by atoms with Gasteiger partial charge in [0.1, 0.15) is 0 Å². The van der Waals surface area contributed by atoms with Crippen LogP contribution in [0.2, 0.25) is 0 Å². The molecule has 0 bridgehead atoms. The Morgan fingerprint density at radius 3 is 3.11 bits per heavy atom. The van der Waals surface area contributed by atoms with Crippen LogP contribution >= 0.6 is 11.3 Å². The van der Waals surface area contributed by atoms with Crippen molar-refractivity contribution >= 4 is 23.2 Å². The summed E-state index contributed by atoms with van der Waals surface area (Å²) in [4.78, 5) is 12.2. The molecule has 2 aromatic heterocycles. The Morgan fingerprint density at radius 1 is 1.44 bits per heavy atom. The summed E-state index contributed by atoms with van der Waals surface area (Å²) < 4.78 is 5.23. The molecular formula is C13H13NO3S. The molecule has 5 heteroatoms. The zero-order chi connectivity index (χ0) is 12.5. The van der Waals surface area contributed by atoms with E-state index in [2.05, 4.69) is 16.8 Å². The number of hydrogen-bond donors (Lipinski definition) is 2. The highest BCUT2D eigenvalue weighted by Gasteiger charge is 2.22. The van der Waals surface area contributed by atoms with Crippen molar-refractivity contribution in [2.24, 2.45) is 0 Å². The Kier molecular flexibility index (Phi) is 2.83. The molecule has 0 radical (unpaired) electrons. The minimum Gasteiger partial charge on any atom is -0.475 e. The van der Waals surface area contributed by atoms with E-state index in [4.69, 9.17) is 9.52 Å². The fourth-order valence-corrected chi connectivity index (χ4v) is 3.33. The second-order valence-electron chi connectivity index (χ2n) is 4.36. The molecule has 0 amide bonds. The number of anilines is 1. The number of carboxylic acid groups (broad SMARTS) is 1. The number of fused-ring (bicyclic) bond motifs is 1. The minimum absolute atomic E-state index is 0.0288. The lowest BCUT2D eigenvalue weighted by molar-refractivity contribution is 0.0663. The standard InChI is InChI=1S/C13H13NO3S/c15-13(16)10-4-5-12(17-10)14-9-2-1-3-11-8(9)6-7-18-11/h4-7,9,14H,1-3H2,(H,15,16). The predicted octanol–water partition coefficient (Wildman–Crippen LogP) is 3.53. The van der Waals surface area contributed by atoms with Gasteiger partial charge in [-0.05, 0) is 42.3 Å². The van der Waals surface area contributed by atoms with Crippen molar-refractivity contribution in [3.8, 4) is 0 Å². The molecule has 0 aromatic carbocycles. The smallest absolute Gasteiger partial charge is 0.371 e. The summed E-state index contributed by atoms with van der Waals surface area (Å²) in [6.07, 6.45) is 3.34. The molecule has 1 atom stereocenters. The third-order valence-corrected chi connectivity index (χ3v) is 4.18. The van der Waals surface area contributed by atoms with Crippen LogP contribution < -0.4 is 5.32 Å². The molecule has 0 saturated carbocycles. The quantitative estimate of drug-likeness (QED) is 0.889. The van der Waals surface area contributed by atoms with Gasteiger partial charge >= 0.3 is 5.97 Å². The van der Waals surface area contributed by atoms with Crippen LogP contribution in [0.1, 0.15) is 39.9 Å². The highest BCUT2D eigenvalue weighted by Crippen LogP contribution is 2.35. The Hall–Kier alpha value is -1.75. The van der Waals surface area contributed by atoms with E-state index in [9.17, 15) is 4.79 Å². The summed E-state index contributed by atoms with van der Waals surface area (Å²) >= 11 is 1.79. The molecule has 1 aliphatic rings. The molecule has 94 valence electrons. The second-order valence-corrected chi connectivity index (χ2v) is 5.36. The van der Waals surface area contributed by atoms with Crippen LogP contribution in [-0.4, -0.2) is 11.1 Å². The van der Waals surface area contributed by atoms with Crippen molar-refractivity contribution in [2.75, 3.05) is 5.32 Å². The van der Waals surface area contributed by atoms with Crippen molar-refractivity contribution in [1.82, 2.24) is 0 Å². The Morgan fingerprint density at radius 2 is 2.33 bits per heavy atom. The summed E-state index contributed by atoms with van der Waals surface area (Å²) in [6.45, 7) is 0. The summed E-state index contributed by atoms with van der Waals surface area (Å²) in [5.41, 5.74) is 1.32. The van der Waals surface area contributed by atoms with Crippen molar-refractivity contribution in [2.45, 2.75) is 25.3 Å². The maximum Gasteiger partial charge on any atom is 0.371 e. The molecule has 0 spiro atoms. The molecule has 2 heterocycles. The van der Waals surface area contributed by atoms with Gasteiger partial charge in [0, 0.05) is 10.9 Å². The lowest BCUT2D eigenvalue weighted by atomic mass is 9.94. The Labute approximate surface area is 108 Å². The van der Waals surface area contributed by atoms with Gasteiger partial charge < -0.3 is 14.8 Å². The first kappa shape index (κ1) is 11.3. The summed E-state index contributed by atoms with van der Waals surface area (Å²) in [5.74, 6) is -0.543. The first-order chi connectivity index (χ1) is 8.74. The zero-order valence-corrected chi connectivity index (χ0v) is 10.5. The van der Waals surface area contributed by atoms with E-state index in [0.29, 0.717) is 5.88 Å². The third kappa shape index (κ3) is 2.01. The number of carbonyl (C=O) groups is 1. The molecule has 18 heavy (non-hydrogen) atoms. The minimum atomic E-state index is -1.04. The predicted molar refractivity (Wildman–Crippen MR) is 69.3 cm³/mol. The highest BCUT2D eigenvalue weighted by molar-refractivity contribution is 7.10. The van der Waals surface area contributed by atoms with Crippen LogP contribution in [-0.2, 0) is 6.42 Å². The fourth-order valence-electron chi connectivity index (χ4n) is 2.34.